The Labute approximate surface area is 134 Å². The standard InChI is InChI=1S/C20H16N2O/c1-23-15-8-10-18-17(13-15)16-11-12-21-19(20(16)22-18)9-7-14-5-3-2-4-6-14/h2-13,22H,1H3. The minimum absolute atomic E-state index is 0.858. The Morgan fingerprint density at radius 2 is 1.83 bits per heavy atom. The third-order valence-corrected chi connectivity index (χ3v) is 3.99. The Hall–Kier alpha value is -3.07. The van der Waals surface area contributed by atoms with Crippen LogP contribution in [0.4, 0.5) is 0 Å². The summed E-state index contributed by atoms with van der Waals surface area (Å²) < 4.78 is 5.33. The summed E-state index contributed by atoms with van der Waals surface area (Å²) in [7, 11) is 1.69. The SMILES string of the molecule is COc1ccc2[nH]c3c(C=Cc4ccccc4)nccc3c2c1. The van der Waals surface area contributed by atoms with Gasteiger partial charge in [0.1, 0.15) is 5.75 Å². The van der Waals surface area contributed by atoms with Gasteiger partial charge in [-0.25, -0.2) is 0 Å². The van der Waals surface area contributed by atoms with Crippen molar-refractivity contribution in [2.75, 3.05) is 7.11 Å². The van der Waals surface area contributed by atoms with Gasteiger partial charge in [0.25, 0.3) is 0 Å². The van der Waals surface area contributed by atoms with Crippen LogP contribution in [-0.2, 0) is 0 Å². The third kappa shape index (κ3) is 2.46. The van der Waals surface area contributed by atoms with Crippen molar-refractivity contribution in [3.63, 3.8) is 0 Å². The van der Waals surface area contributed by atoms with Crippen LogP contribution < -0.4 is 4.74 Å². The maximum absolute atomic E-state index is 5.33. The van der Waals surface area contributed by atoms with Gasteiger partial charge in [-0.15, -0.1) is 0 Å². The highest BCUT2D eigenvalue weighted by Gasteiger charge is 2.08. The van der Waals surface area contributed by atoms with Gasteiger partial charge in [-0.1, -0.05) is 36.4 Å². The van der Waals surface area contributed by atoms with Crippen LogP contribution in [0.1, 0.15) is 11.3 Å². The molecular weight excluding hydrogens is 284 g/mol. The summed E-state index contributed by atoms with van der Waals surface area (Å²) in [6, 6.07) is 18.3. The van der Waals surface area contributed by atoms with Crippen LogP contribution in [0.25, 0.3) is 34.0 Å². The van der Waals surface area contributed by atoms with Crippen LogP contribution >= 0.6 is 0 Å². The number of fused-ring (bicyclic) bond motifs is 3. The van der Waals surface area contributed by atoms with E-state index in [9.17, 15) is 0 Å². The van der Waals surface area contributed by atoms with Gasteiger partial charge in [-0.05, 0) is 35.9 Å². The minimum atomic E-state index is 0.858. The molecule has 0 radical (unpaired) electrons. The molecular formula is C20H16N2O. The van der Waals surface area contributed by atoms with E-state index >= 15 is 0 Å². The Bertz CT molecular complexity index is 1000. The lowest BCUT2D eigenvalue weighted by Gasteiger charge is -1.99. The number of aromatic amines is 1. The fraction of sp³-hybridized carbons (Fsp3) is 0.0500. The number of methoxy groups -OCH3 is 1. The van der Waals surface area contributed by atoms with Gasteiger partial charge in [0.2, 0.25) is 0 Å². The summed E-state index contributed by atoms with van der Waals surface area (Å²) in [4.78, 5) is 7.98. The predicted molar refractivity (Wildman–Crippen MR) is 95.5 cm³/mol. The molecule has 112 valence electrons. The quantitative estimate of drug-likeness (QED) is 0.584. The predicted octanol–water partition coefficient (Wildman–Crippen LogP) is 4.90. The van der Waals surface area contributed by atoms with E-state index in [0.29, 0.717) is 0 Å². The molecule has 23 heavy (non-hydrogen) atoms. The smallest absolute Gasteiger partial charge is 0.119 e. The van der Waals surface area contributed by atoms with Gasteiger partial charge in [-0.2, -0.15) is 0 Å². The largest absolute Gasteiger partial charge is 0.497 e. The highest BCUT2D eigenvalue weighted by molar-refractivity contribution is 6.09. The number of rotatable bonds is 3. The number of hydrogen-bond donors (Lipinski definition) is 1. The molecule has 0 spiro atoms. The fourth-order valence-corrected chi connectivity index (χ4v) is 2.82. The molecule has 0 fully saturated rings. The van der Waals surface area contributed by atoms with Gasteiger partial charge in [0, 0.05) is 22.5 Å². The molecule has 2 aromatic carbocycles. The second kappa shape index (κ2) is 5.61. The van der Waals surface area contributed by atoms with E-state index in [1.807, 2.05) is 48.7 Å². The molecule has 0 aliphatic carbocycles. The van der Waals surface area contributed by atoms with Crippen molar-refractivity contribution in [1.29, 1.82) is 0 Å². The summed E-state index contributed by atoms with van der Waals surface area (Å²) in [5.41, 5.74) is 4.22. The Balaban J connectivity index is 1.86. The molecule has 1 N–H and O–H groups in total. The van der Waals surface area contributed by atoms with Gasteiger partial charge >= 0.3 is 0 Å². The zero-order valence-corrected chi connectivity index (χ0v) is 12.8. The van der Waals surface area contributed by atoms with Crippen molar-refractivity contribution in [3.05, 3.63) is 72.1 Å². The van der Waals surface area contributed by atoms with E-state index in [1.54, 1.807) is 7.11 Å². The number of nitrogens with one attached hydrogen (secondary N) is 1. The van der Waals surface area contributed by atoms with E-state index in [0.717, 1.165) is 38.8 Å². The Kier molecular flexibility index (Phi) is 3.31. The van der Waals surface area contributed by atoms with Crippen molar-refractivity contribution in [3.8, 4) is 5.75 Å². The number of nitrogens with zero attached hydrogens (tertiary/aromatic N) is 1. The molecule has 0 amide bonds. The second-order valence-electron chi connectivity index (χ2n) is 5.40. The average molecular weight is 300 g/mol. The van der Waals surface area contributed by atoms with E-state index < -0.39 is 0 Å². The van der Waals surface area contributed by atoms with Gasteiger partial charge in [-0.3, -0.25) is 4.98 Å². The van der Waals surface area contributed by atoms with Crippen LogP contribution in [0.5, 0.6) is 5.75 Å². The second-order valence-corrected chi connectivity index (χ2v) is 5.40. The summed E-state index contributed by atoms with van der Waals surface area (Å²) in [5.74, 6) is 0.858. The summed E-state index contributed by atoms with van der Waals surface area (Å²) in [5, 5.41) is 2.30. The lowest BCUT2D eigenvalue weighted by Crippen LogP contribution is -1.82. The van der Waals surface area contributed by atoms with Crippen LogP contribution in [0.3, 0.4) is 0 Å². The first kappa shape index (κ1) is 13.6. The Morgan fingerprint density at radius 3 is 2.65 bits per heavy atom. The van der Waals surface area contributed by atoms with Crippen molar-refractivity contribution in [2.45, 2.75) is 0 Å². The molecule has 0 unspecified atom stereocenters. The summed E-state index contributed by atoms with van der Waals surface area (Å²) in [6.07, 6.45) is 5.97. The average Bonchev–Trinajstić information content (AvgIpc) is 2.99. The zero-order chi connectivity index (χ0) is 15.6. The number of benzene rings is 2. The lowest BCUT2D eigenvalue weighted by molar-refractivity contribution is 0.415. The molecule has 3 nitrogen and oxygen atoms in total. The first-order valence-corrected chi connectivity index (χ1v) is 7.53. The van der Waals surface area contributed by atoms with E-state index in [2.05, 4.69) is 34.2 Å². The molecule has 4 aromatic rings. The van der Waals surface area contributed by atoms with Crippen LogP contribution in [-0.4, -0.2) is 17.1 Å². The summed E-state index contributed by atoms with van der Waals surface area (Å²) in [6.45, 7) is 0. The topological polar surface area (TPSA) is 37.9 Å². The van der Waals surface area contributed by atoms with Crippen LogP contribution in [0, 0.1) is 0 Å². The molecule has 2 heterocycles. The Morgan fingerprint density at radius 1 is 0.957 bits per heavy atom. The normalized spacial score (nSPS) is 11.5. The maximum Gasteiger partial charge on any atom is 0.119 e. The molecule has 3 heteroatoms. The third-order valence-electron chi connectivity index (χ3n) is 3.99. The lowest BCUT2D eigenvalue weighted by atomic mass is 10.1. The molecule has 0 saturated heterocycles. The van der Waals surface area contributed by atoms with E-state index in [-0.39, 0.29) is 0 Å². The van der Waals surface area contributed by atoms with Crippen molar-refractivity contribution in [2.24, 2.45) is 0 Å². The van der Waals surface area contributed by atoms with Gasteiger partial charge in [0.05, 0.1) is 18.3 Å². The van der Waals surface area contributed by atoms with E-state index in [1.165, 1.54) is 0 Å². The highest BCUT2D eigenvalue weighted by atomic mass is 16.5. The first-order chi connectivity index (χ1) is 11.3. The molecule has 4 rings (SSSR count). The van der Waals surface area contributed by atoms with Crippen LogP contribution in [0.2, 0.25) is 0 Å². The van der Waals surface area contributed by atoms with Crippen LogP contribution in [0.15, 0.2) is 60.8 Å². The number of pyridine rings is 1. The van der Waals surface area contributed by atoms with Crippen molar-refractivity contribution < 1.29 is 4.74 Å². The maximum atomic E-state index is 5.33. The van der Waals surface area contributed by atoms with Crippen molar-refractivity contribution in [1.82, 2.24) is 9.97 Å². The van der Waals surface area contributed by atoms with Gasteiger partial charge in [0.15, 0.2) is 0 Å². The van der Waals surface area contributed by atoms with Crippen molar-refractivity contribution >= 4 is 34.0 Å². The van der Waals surface area contributed by atoms with E-state index in [4.69, 9.17) is 4.74 Å². The molecule has 0 bridgehead atoms. The first-order valence-electron chi connectivity index (χ1n) is 7.53. The number of H-pyrrole nitrogens is 1. The monoisotopic (exact) mass is 300 g/mol. The molecule has 0 aliphatic rings. The summed E-state index contributed by atoms with van der Waals surface area (Å²) >= 11 is 0. The fourth-order valence-electron chi connectivity index (χ4n) is 2.82. The number of aromatic nitrogens is 2. The molecule has 0 aliphatic heterocycles. The molecule has 0 saturated carbocycles. The zero-order valence-electron chi connectivity index (χ0n) is 12.8. The minimum Gasteiger partial charge on any atom is -0.497 e. The number of hydrogen-bond acceptors (Lipinski definition) is 2. The molecule has 2 aromatic heterocycles. The number of ether oxygens (including phenoxy) is 1. The van der Waals surface area contributed by atoms with Gasteiger partial charge < -0.3 is 9.72 Å². The molecule has 0 atom stereocenters. The highest BCUT2D eigenvalue weighted by Crippen LogP contribution is 2.30.